The Balaban J connectivity index is 2.42. The van der Waals surface area contributed by atoms with Gasteiger partial charge in [0.15, 0.2) is 6.10 Å². The number of aromatic nitrogens is 2. The Hall–Kier alpha value is -2.25. The van der Waals surface area contributed by atoms with Gasteiger partial charge in [0, 0.05) is 5.69 Å². The zero-order valence-corrected chi connectivity index (χ0v) is 9.78. The van der Waals surface area contributed by atoms with Crippen molar-refractivity contribution in [1.82, 2.24) is 9.97 Å². The van der Waals surface area contributed by atoms with Crippen LogP contribution in [0.1, 0.15) is 6.92 Å². The van der Waals surface area contributed by atoms with Crippen LogP contribution in [-0.4, -0.2) is 22.2 Å². The lowest BCUT2D eigenvalue weighted by Crippen LogP contribution is -2.32. The minimum atomic E-state index is -4.53. The molecule has 1 atom stereocenters. The van der Waals surface area contributed by atoms with Crippen LogP contribution in [-0.2, 0) is 0 Å². The average molecular weight is 273 g/mol. The van der Waals surface area contributed by atoms with Gasteiger partial charge in [-0.2, -0.15) is 18.2 Å². The van der Waals surface area contributed by atoms with Crippen LogP contribution in [0.5, 0.6) is 6.01 Å². The summed E-state index contributed by atoms with van der Waals surface area (Å²) in [7, 11) is 0. The zero-order valence-electron chi connectivity index (χ0n) is 9.78. The molecule has 19 heavy (non-hydrogen) atoms. The number of anilines is 1. The lowest BCUT2D eigenvalue weighted by molar-refractivity contribution is -0.190. The summed E-state index contributed by atoms with van der Waals surface area (Å²) in [4.78, 5) is 17.6. The van der Waals surface area contributed by atoms with Crippen LogP contribution in [0.15, 0.2) is 23.0 Å². The number of H-pyrrole nitrogens is 1. The van der Waals surface area contributed by atoms with E-state index in [-0.39, 0.29) is 10.9 Å². The summed E-state index contributed by atoms with van der Waals surface area (Å²) in [6.45, 7) is 0.827. The van der Waals surface area contributed by atoms with Crippen molar-refractivity contribution >= 4 is 16.6 Å². The smallest absolute Gasteiger partial charge is 0.425 e. The van der Waals surface area contributed by atoms with Crippen molar-refractivity contribution < 1.29 is 17.9 Å². The fraction of sp³-hybridized carbons (Fsp3) is 0.273. The van der Waals surface area contributed by atoms with Gasteiger partial charge in [0.1, 0.15) is 0 Å². The second kappa shape index (κ2) is 4.45. The Morgan fingerprint density at radius 1 is 1.42 bits per heavy atom. The van der Waals surface area contributed by atoms with Gasteiger partial charge in [-0.05, 0) is 25.1 Å². The van der Waals surface area contributed by atoms with E-state index in [1.807, 2.05) is 0 Å². The van der Waals surface area contributed by atoms with Gasteiger partial charge in [0.25, 0.3) is 11.6 Å². The Labute approximate surface area is 105 Å². The monoisotopic (exact) mass is 273 g/mol. The number of aromatic amines is 1. The first kappa shape index (κ1) is 13.2. The van der Waals surface area contributed by atoms with Gasteiger partial charge in [0.2, 0.25) is 0 Å². The molecule has 0 saturated carbocycles. The molecule has 1 heterocycles. The Kier molecular flexibility index (Phi) is 3.09. The number of nitrogens with zero attached hydrogens (tertiary/aromatic N) is 1. The minimum absolute atomic E-state index is 0.187. The van der Waals surface area contributed by atoms with Crippen LogP contribution in [0.2, 0.25) is 0 Å². The largest absolute Gasteiger partial charge is 0.452 e. The maximum Gasteiger partial charge on any atom is 0.425 e. The van der Waals surface area contributed by atoms with Crippen LogP contribution in [0.25, 0.3) is 10.9 Å². The van der Waals surface area contributed by atoms with Crippen molar-refractivity contribution in [2.45, 2.75) is 19.2 Å². The third-order valence-corrected chi connectivity index (χ3v) is 2.46. The van der Waals surface area contributed by atoms with E-state index < -0.39 is 23.8 Å². The van der Waals surface area contributed by atoms with Gasteiger partial charge in [-0.25, -0.2) is 0 Å². The van der Waals surface area contributed by atoms with Crippen molar-refractivity contribution in [1.29, 1.82) is 0 Å². The maximum absolute atomic E-state index is 12.3. The molecule has 1 aromatic heterocycles. The maximum atomic E-state index is 12.3. The second-order valence-corrected chi connectivity index (χ2v) is 3.95. The fourth-order valence-corrected chi connectivity index (χ4v) is 1.42. The Morgan fingerprint density at radius 2 is 2.11 bits per heavy atom. The summed E-state index contributed by atoms with van der Waals surface area (Å²) < 4.78 is 41.6. The average Bonchev–Trinajstić information content (AvgIpc) is 2.29. The Morgan fingerprint density at radius 3 is 2.74 bits per heavy atom. The van der Waals surface area contributed by atoms with Gasteiger partial charge in [-0.15, -0.1) is 0 Å². The van der Waals surface area contributed by atoms with Crippen molar-refractivity contribution in [2.24, 2.45) is 0 Å². The first-order valence-corrected chi connectivity index (χ1v) is 5.30. The minimum Gasteiger partial charge on any atom is -0.452 e. The number of nitrogen functional groups attached to an aromatic ring is 1. The number of hydrogen-bond donors (Lipinski definition) is 2. The highest BCUT2D eigenvalue weighted by Crippen LogP contribution is 2.23. The summed E-state index contributed by atoms with van der Waals surface area (Å²) in [6, 6.07) is 3.83. The summed E-state index contributed by atoms with van der Waals surface area (Å²) in [5, 5.41) is 0.187. The number of alkyl halides is 3. The SMILES string of the molecule is CC(Oc1nc2ccc(N)cc2c(=O)[nH]1)C(F)(F)F. The number of nitrogens with two attached hydrogens (primary N) is 1. The van der Waals surface area contributed by atoms with Crippen LogP contribution >= 0.6 is 0 Å². The highest BCUT2D eigenvalue weighted by Gasteiger charge is 2.38. The number of halogens is 3. The molecule has 0 spiro atoms. The lowest BCUT2D eigenvalue weighted by atomic mass is 10.2. The molecule has 0 saturated heterocycles. The van der Waals surface area contributed by atoms with Crippen molar-refractivity contribution in [3.05, 3.63) is 28.6 Å². The van der Waals surface area contributed by atoms with Crippen molar-refractivity contribution in [3.63, 3.8) is 0 Å². The van der Waals surface area contributed by atoms with Gasteiger partial charge >= 0.3 is 6.18 Å². The molecule has 0 bridgehead atoms. The van der Waals surface area contributed by atoms with E-state index in [0.717, 1.165) is 6.92 Å². The van der Waals surface area contributed by atoms with E-state index in [0.29, 0.717) is 5.69 Å². The predicted octanol–water partition coefficient (Wildman–Crippen LogP) is 1.83. The quantitative estimate of drug-likeness (QED) is 0.818. The molecule has 0 aliphatic carbocycles. The van der Waals surface area contributed by atoms with Gasteiger partial charge < -0.3 is 10.5 Å². The normalized spacial score (nSPS) is 13.5. The molecule has 1 unspecified atom stereocenters. The lowest BCUT2D eigenvalue weighted by Gasteiger charge is -2.16. The molecule has 2 rings (SSSR count). The van der Waals surface area contributed by atoms with E-state index in [4.69, 9.17) is 5.73 Å². The molecule has 1 aromatic carbocycles. The van der Waals surface area contributed by atoms with Crippen LogP contribution in [0.3, 0.4) is 0 Å². The molecular formula is C11H10F3N3O2. The van der Waals surface area contributed by atoms with E-state index in [9.17, 15) is 18.0 Å². The Bertz CT molecular complexity index is 666. The summed E-state index contributed by atoms with van der Waals surface area (Å²) >= 11 is 0. The summed E-state index contributed by atoms with van der Waals surface area (Å²) in [5.41, 5.74) is 5.47. The summed E-state index contributed by atoms with van der Waals surface area (Å²) in [6.07, 6.45) is -6.60. The predicted molar refractivity (Wildman–Crippen MR) is 62.9 cm³/mol. The van der Waals surface area contributed by atoms with Crippen molar-refractivity contribution in [2.75, 3.05) is 5.73 Å². The molecule has 2 aromatic rings. The number of rotatable bonds is 2. The van der Waals surface area contributed by atoms with E-state index in [2.05, 4.69) is 14.7 Å². The first-order chi connectivity index (χ1) is 8.77. The second-order valence-electron chi connectivity index (χ2n) is 3.95. The number of fused-ring (bicyclic) bond motifs is 1. The third-order valence-electron chi connectivity index (χ3n) is 2.46. The molecule has 0 aliphatic heterocycles. The number of benzene rings is 1. The molecule has 0 radical (unpaired) electrons. The zero-order chi connectivity index (χ0) is 14.2. The van der Waals surface area contributed by atoms with Crippen LogP contribution < -0.4 is 16.0 Å². The highest BCUT2D eigenvalue weighted by atomic mass is 19.4. The van der Waals surface area contributed by atoms with Gasteiger partial charge in [-0.3, -0.25) is 9.78 Å². The molecule has 5 nitrogen and oxygen atoms in total. The number of hydrogen-bond acceptors (Lipinski definition) is 4. The van der Waals surface area contributed by atoms with E-state index in [1.165, 1.54) is 18.2 Å². The van der Waals surface area contributed by atoms with E-state index >= 15 is 0 Å². The molecular weight excluding hydrogens is 263 g/mol. The standard InChI is InChI=1S/C11H10F3N3O2/c1-5(11(12,13)14)19-10-16-8-3-2-6(15)4-7(8)9(18)17-10/h2-5H,15H2,1H3,(H,16,17,18). The van der Waals surface area contributed by atoms with Crippen LogP contribution in [0, 0.1) is 0 Å². The molecule has 0 fully saturated rings. The van der Waals surface area contributed by atoms with Crippen molar-refractivity contribution in [3.8, 4) is 6.01 Å². The first-order valence-electron chi connectivity index (χ1n) is 5.30. The molecule has 3 N–H and O–H groups in total. The van der Waals surface area contributed by atoms with Crippen LogP contribution in [0.4, 0.5) is 18.9 Å². The molecule has 0 aliphatic rings. The molecule has 8 heteroatoms. The summed E-state index contributed by atoms with van der Waals surface area (Å²) in [5.74, 6) is 0. The molecule has 102 valence electrons. The number of nitrogens with one attached hydrogen (secondary N) is 1. The fourth-order valence-electron chi connectivity index (χ4n) is 1.42. The molecule has 0 amide bonds. The number of ether oxygens (including phenoxy) is 1. The highest BCUT2D eigenvalue weighted by molar-refractivity contribution is 5.81. The van der Waals surface area contributed by atoms with E-state index in [1.54, 1.807) is 0 Å². The van der Waals surface area contributed by atoms with Gasteiger partial charge in [0.05, 0.1) is 10.9 Å². The topological polar surface area (TPSA) is 81.0 Å². The third kappa shape index (κ3) is 2.78. The van der Waals surface area contributed by atoms with Gasteiger partial charge in [-0.1, -0.05) is 0 Å².